The first-order valence-electron chi connectivity index (χ1n) is 5.54. The summed E-state index contributed by atoms with van der Waals surface area (Å²) in [6.45, 7) is 4.09. The number of aromatic nitrogens is 3. The molecule has 0 aliphatic heterocycles. The highest BCUT2D eigenvalue weighted by molar-refractivity contribution is 5.58. The molecule has 2 rings (SSSR count). The second-order valence-electron chi connectivity index (χ2n) is 4.24. The number of nitrogens with two attached hydrogens (primary N) is 1. The van der Waals surface area contributed by atoms with Gasteiger partial charge in [-0.15, -0.1) is 10.2 Å². The van der Waals surface area contributed by atoms with Crippen molar-refractivity contribution in [3.8, 4) is 0 Å². The van der Waals surface area contributed by atoms with Crippen molar-refractivity contribution in [3.05, 3.63) is 35.9 Å². The molecule has 0 saturated heterocycles. The fourth-order valence-corrected chi connectivity index (χ4v) is 1.83. The molecule has 0 aliphatic rings. The summed E-state index contributed by atoms with van der Waals surface area (Å²) in [6.07, 6.45) is 1.70. The number of aryl methyl sites for hydroxylation is 2. The SMILES string of the molecule is Cc1cc(N)ccc1NC(C)c1nncn1C. The van der Waals surface area contributed by atoms with Crippen molar-refractivity contribution in [2.24, 2.45) is 7.05 Å². The van der Waals surface area contributed by atoms with Crippen molar-refractivity contribution in [1.29, 1.82) is 0 Å². The van der Waals surface area contributed by atoms with Gasteiger partial charge in [0.25, 0.3) is 0 Å². The molecule has 0 spiro atoms. The van der Waals surface area contributed by atoms with Crippen LogP contribution in [0.1, 0.15) is 24.4 Å². The second-order valence-corrected chi connectivity index (χ2v) is 4.24. The number of rotatable bonds is 3. The molecule has 5 nitrogen and oxygen atoms in total. The third kappa shape index (κ3) is 2.38. The highest BCUT2D eigenvalue weighted by Crippen LogP contribution is 2.22. The lowest BCUT2D eigenvalue weighted by Crippen LogP contribution is -2.12. The third-order valence-electron chi connectivity index (χ3n) is 2.76. The largest absolute Gasteiger partial charge is 0.399 e. The molecule has 0 aliphatic carbocycles. The molecule has 3 N–H and O–H groups in total. The summed E-state index contributed by atoms with van der Waals surface area (Å²) in [5.41, 5.74) is 8.69. The van der Waals surface area contributed by atoms with Crippen LogP contribution in [-0.2, 0) is 7.05 Å². The van der Waals surface area contributed by atoms with E-state index in [1.165, 1.54) is 0 Å². The van der Waals surface area contributed by atoms with Crippen LogP contribution in [0, 0.1) is 6.92 Å². The van der Waals surface area contributed by atoms with Crippen LogP contribution in [-0.4, -0.2) is 14.8 Å². The van der Waals surface area contributed by atoms with Gasteiger partial charge in [0.05, 0.1) is 6.04 Å². The number of nitrogens with one attached hydrogen (secondary N) is 1. The Morgan fingerprint density at radius 3 is 2.76 bits per heavy atom. The van der Waals surface area contributed by atoms with Crippen LogP contribution >= 0.6 is 0 Å². The Kier molecular flexibility index (Phi) is 2.99. The van der Waals surface area contributed by atoms with Crippen molar-refractivity contribution in [2.75, 3.05) is 11.1 Å². The lowest BCUT2D eigenvalue weighted by Gasteiger charge is -2.16. The Hall–Kier alpha value is -2.04. The van der Waals surface area contributed by atoms with E-state index in [0.29, 0.717) is 0 Å². The summed E-state index contributed by atoms with van der Waals surface area (Å²) in [4.78, 5) is 0. The van der Waals surface area contributed by atoms with Gasteiger partial charge >= 0.3 is 0 Å². The molecule has 17 heavy (non-hydrogen) atoms. The lowest BCUT2D eigenvalue weighted by molar-refractivity contribution is 0.719. The molecule has 0 saturated carbocycles. The molecule has 0 amide bonds. The van der Waals surface area contributed by atoms with E-state index in [1.54, 1.807) is 6.33 Å². The van der Waals surface area contributed by atoms with Gasteiger partial charge < -0.3 is 15.6 Å². The van der Waals surface area contributed by atoms with Crippen LogP contribution < -0.4 is 11.1 Å². The topological polar surface area (TPSA) is 68.8 Å². The molecule has 1 heterocycles. The molecule has 1 unspecified atom stereocenters. The predicted molar refractivity (Wildman–Crippen MR) is 68.6 cm³/mol. The predicted octanol–water partition coefficient (Wildman–Crippen LogP) is 1.88. The summed E-state index contributed by atoms with van der Waals surface area (Å²) in [5.74, 6) is 0.904. The van der Waals surface area contributed by atoms with E-state index in [-0.39, 0.29) is 6.04 Å². The Morgan fingerprint density at radius 1 is 1.41 bits per heavy atom. The van der Waals surface area contributed by atoms with Gasteiger partial charge in [0.1, 0.15) is 6.33 Å². The fourth-order valence-electron chi connectivity index (χ4n) is 1.83. The van der Waals surface area contributed by atoms with E-state index >= 15 is 0 Å². The van der Waals surface area contributed by atoms with Crippen molar-refractivity contribution in [1.82, 2.24) is 14.8 Å². The summed E-state index contributed by atoms with van der Waals surface area (Å²) < 4.78 is 1.91. The van der Waals surface area contributed by atoms with Gasteiger partial charge in [-0.05, 0) is 37.6 Å². The molecule has 2 aromatic rings. The first kappa shape index (κ1) is 11.4. The van der Waals surface area contributed by atoms with Gasteiger partial charge in [0.2, 0.25) is 0 Å². The van der Waals surface area contributed by atoms with Gasteiger partial charge in [0, 0.05) is 18.4 Å². The van der Waals surface area contributed by atoms with E-state index in [9.17, 15) is 0 Å². The minimum atomic E-state index is 0.102. The second kappa shape index (κ2) is 4.45. The van der Waals surface area contributed by atoms with Crippen LogP contribution in [0.5, 0.6) is 0 Å². The summed E-state index contributed by atoms with van der Waals surface area (Å²) >= 11 is 0. The zero-order chi connectivity index (χ0) is 12.4. The van der Waals surface area contributed by atoms with Crippen LogP contribution in [0.25, 0.3) is 0 Å². The summed E-state index contributed by atoms with van der Waals surface area (Å²) in [5, 5.41) is 11.4. The molecule has 1 aromatic carbocycles. The maximum atomic E-state index is 5.72. The Balaban J connectivity index is 2.19. The van der Waals surface area contributed by atoms with Crippen molar-refractivity contribution < 1.29 is 0 Å². The average molecular weight is 231 g/mol. The van der Waals surface area contributed by atoms with Gasteiger partial charge in [0.15, 0.2) is 5.82 Å². The number of hydrogen-bond acceptors (Lipinski definition) is 4. The summed E-state index contributed by atoms with van der Waals surface area (Å²) in [7, 11) is 1.93. The molecule has 5 heteroatoms. The number of benzene rings is 1. The molecule has 90 valence electrons. The molecule has 1 aromatic heterocycles. The number of nitrogens with zero attached hydrogens (tertiary/aromatic N) is 3. The minimum absolute atomic E-state index is 0.102. The summed E-state index contributed by atoms with van der Waals surface area (Å²) in [6, 6.07) is 5.92. The van der Waals surface area contributed by atoms with Crippen LogP contribution in [0.4, 0.5) is 11.4 Å². The van der Waals surface area contributed by atoms with Crippen molar-refractivity contribution in [3.63, 3.8) is 0 Å². The van der Waals surface area contributed by atoms with Crippen molar-refractivity contribution >= 4 is 11.4 Å². The molecular weight excluding hydrogens is 214 g/mol. The lowest BCUT2D eigenvalue weighted by atomic mass is 10.1. The Morgan fingerprint density at radius 2 is 2.18 bits per heavy atom. The number of hydrogen-bond donors (Lipinski definition) is 2. The highest BCUT2D eigenvalue weighted by Gasteiger charge is 2.11. The number of anilines is 2. The molecule has 0 bridgehead atoms. The highest BCUT2D eigenvalue weighted by atomic mass is 15.3. The van der Waals surface area contributed by atoms with E-state index in [0.717, 1.165) is 22.8 Å². The minimum Gasteiger partial charge on any atom is -0.399 e. The molecule has 0 fully saturated rings. The first-order valence-corrected chi connectivity index (χ1v) is 5.54. The van der Waals surface area contributed by atoms with Crippen molar-refractivity contribution in [2.45, 2.75) is 19.9 Å². The van der Waals surface area contributed by atoms with Gasteiger partial charge in [-0.1, -0.05) is 0 Å². The first-order chi connectivity index (χ1) is 8.08. The van der Waals surface area contributed by atoms with E-state index < -0.39 is 0 Å². The zero-order valence-electron chi connectivity index (χ0n) is 10.3. The van der Waals surface area contributed by atoms with Crippen LogP contribution in [0.2, 0.25) is 0 Å². The molecule has 1 atom stereocenters. The smallest absolute Gasteiger partial charge is 0.154 e. The van der Waals surface area contributed by atoms with Gasteiger partial charge in [-0.25, -0.2) is 0 Å². The third-order valence-corrected chi connectivity index (χ3v) is 2.76. The van der Waals surface area contributed by atoms with E-state index in [2.05, 4.69) is 22.4 Å². The standard InChI is InChI=1S/C12H17N5/c1-8-6-10(13)4-5-11(8)15-9(2)12-16-14-7-17(12)3/h4-7,9,15H,13H2,1-3H3. The maximum Gasteiger partial charge on any atom is 0.154 e. The quantitative estimate of drug-likeness (QED) is 0.791. The van der Waals surface area contributed by atoms with Crippen LogP contribution in [0.15, 0.2) is 24.5 Å². The van der Waals surface area contributed by atoms with E-state index in [1.807, 2.05) is 36.7 Å². The molecule has 0 radical (unpaired) electrons. The number of nitrogen functional groups attached to an aromatic ring is 1. The van der Waals surface area contributed by atoms with Gasteiger partial charge in [-0.3, -0.25) is 0 Å². The zero-order valence-corrected chi connectivity index (χ0v) is 10.3. The monoisotopic (exact) mass is 231 g/mol. The fraction of sp³-hybridized carbons (Fsp3) is 0.333. The van der Waals surface area contributed by atoms with Gasteiger partial charge in [-0.2, -0.15) is 0 Å². The van der Waals surface area contributed by atoms with Crippen LogP contribution in [0.3, 0.4) is 0 Å². The Labute approximate surface area is 101 Å². The Bertz CT molecular complexity index is 517. The normalized spacial score (nSPS) is 12.4. The maximum absolute atomic E-state index is 5.72. The molecular formula is C12H17N5. The average Bonchev–Trinajstić information content (AvgIpc) is 2.68. The van der Waals surface area contributed by atoms with E-state index in [4.69, 9.17) is 5.73 Å².